The Morgan fingerprint density at radius 3 is 2.31 bits per heavy atom. The lowest BCUT2D eigenvalue weighted by molar-refractivity contribution is 0.102. The Kier molecular flexibility index (Phi) is 3.69. The van der Waals surface area contributed by atoms with Crippen LogP contribution in [0.25, 0.3) is 0 Å². The normalized spacial score (nSPS) is 27.5. The number of carbonyl (C=O) groups excluding carboxylic acids is 1. The minimum Gasteiger partial charge on any atom is -0.380 e. The molecule has 0 radical (unpaired) electrons. The fourth-order valence-electron chi connectivity index (χ4n) is 2.49. The summed E-state index contributed by atoms with van der Waals surface area (Å²) in [7, 11) is 1.72. The van der Waals surface area contributed by atoms with Gasteiger partial charge in [0.05, 0.1) is 6.10 Å². The zero-order valence-corrected chi connectivity index (χ0v) is 10.3. The molecule has 2 aliphatic heterocycles. The third-order valence-electron chi connectivity index (χ3n) is 3.80. The summed E-state index contributed by atoms with van der Waals surface area (Å²) in [5, 5.41) is 0. The van der Waals surface area contributed by atoms with E-state index in [2.05, 4.69) is 6.92 Å². The van der Waals surface area contributed by atoms with Crippen LogP contribution >= 0.6 is 0 Å². The van der Waals surface area contributed by atoms with Crippen molar-refractivity contribution in [3.63, 3.8) is 0 Å². The molecule has 0 aromatic carbocycles. The summed E-state index contributed by atoms with van der Waals surface area (Å²) in [6, 6.07) is 0.214. The number of rotatable bonds is 1. The van der Waals surface area contributed by atoms with Crippen LogP contribution in [0.4, 0.5) is 4.79 Å². The van der Waals surface area contributed by atoms with E-state index in [1.54, 1.807) is 7.11 Å². The van der Waals surface area contributed by atoms with Crippen LogP contribution in [0.1, 0.15) is 26.2 Å². The second kappa shape index (κ2) is 5.04. The second-order valence-corrected chi connectivity index (χ2v) is 5.04. The largest absolute Gasteiger partial charge is 0.380 e. The number of nitrogens with zero attached hydrogens (tertiary/aromatic N) is 2. The van der Waals surface area contributed by atoms with E-state index in [1.165, 1.54) is 0 Å². The van der Waals surface area contributed by atoms with Gasteiger partial charge in [0, 0.05) is 33.3 Å². The minimum atomic E-state index is 0.214. The molecule has 2 rings (SSSR count). The van der Waals surface area contributed by atoms with Gasteiger partial charge >= 0.3 is 6.03 Å². The first-order valence-electron chi connectivity index (χ1n) is 6.27. The molecule has 0 N–H and O–H groups in total. The molecule has 2 saturated heterocycles. The Hall–Kier alpha value is -0.770. The van der Waals surface area contributed by atoms with Gasteiger partial charge < -0.3 is 14.5 Å². The van der Waals surface area contributed by atoms with Crippen molar-refractivity contribution < 1.29 is 9.53 Å². The summed E-state index contributed by atoms with van der Waals surface area (Å²) < 4.78 is 5.28. The molecular formula is C12H22N2O2. The molecule has 0 saturated carbocycles. The lowest BCUT2D eigenvalue weighted by Crippen LogP contribution is -2.45. The lowest BCUT2D eigenvalue weighted by atomic mass is 10.00. The Morgan fingerprint density at radius 1 is 1.12 bits per heavy atom. The molecule has 0 spiro atoms. The van der Waals surface area contributed by atoms with Crippen LogP contribution in [0.3, 0.4) is 0 Å². The summed E-state index contributed by atoms with van der Waals surface area (Å²) in [5.41, 5.74) is 0. The summed E-state index contributed by atoms with van der Waals surface area (Å²) >= 11 is 0. The van der Waals surface area contributed by atoms with Crippen LogP contribution in [0, 0.1) is 5.92 Å². The van der Waals surface area contributed by atoms with Gasteiger partial charge in [-0.2, -0.15) is 0 Å². The number of likely N-dealkylation sites (tertiary alicyclic amines) is 2. The lowest BCUT2D eigenvalue weighted by Gasteiger charge is -2.33. The molecule has 16 heavy (non-hydrogen) atoms. The number of methoxy groups -OCH3 is 1. The fourth-order valence-corrected chi connectivity index (χ4v) is 2.49. The summed E-state index contributed by atoms with van der Waals surface area (Å²) in [6.45, 7) is 5.73. The molecule has 1 unspecified atom stereocenters. The number of ether oxygens (including phenoxy) is 1. The maximum atomic E-state index is 12.2. The van der Waals surface area contributed by atoms with E-state index >= 15 is 0 Å². The summed E-state index contributed by atoms with van der Waals surface area (Å²) in [6.07, 6.45) is 3.51. The van der Waals surface area contributed by atoms with E-state index in [0.29, 0.717) is 0 Å². The van der Waals surface area contributed by atoms with Crippen LogP contribution in [-0.4, -0.2) is 55.2 Å². The van der Waals surface area contributed by atoms with E-state index < -0.39 is 0 Å². The molecule has 2 fully saturated rings. The molecule has 0 aromatic rings. The highest BCUT2D eigenvalue weighted by Gasteiger charge is 2.30. The number of urea groups is 1. The smallest absolute Gasteiger partial charge is 0.320 e. The van der Waals surface area contributed by atoms with Gasteiger partial charge in [-0.25, -0.2) is 4.79 Å². The van der Waals surface area contributed by atoms with Crippen molar-refractivity contribution in [1.29, 1.82) is 0 Å². The Bertz CT molecular complexity index is 245. The van der Waals surface area contributed by atoms with Crippen molar-refractivity contribution in [2.24, 2.45) is 5.92 Å². The number of hydrogen-bond acceptors (Lipinski definition) is 2. The maximum Gasteiger partial charge on any atom is 0.320 e. The molecule has 2 amide bonds. The molecule has 2 heterocycles. The van der Waals surface area contributed by atoms with Gasteiger partial charge in [-0.3, -0.25) is 0 Å². The quantitative estimate of drug-likeness (QED) is 0.679. The second-order valence-electron chi connectivity index (χ2n) is 5.04. The van der Waals surface area contributed by atoms with Gasteiger partial charge in [-0.05, 0) is 25.2 Å². The molecule has 1 atom stereocenters. The van der Waals surface area contributed by atoms with Crippen molar-refractivity contribution in [3.05, 3.63) is 0 Å². The minimum absolute atomic E-state index is 0.214. The van der Waals surface area contributed by atoms with Crippen LogP contribution in [0.5, 0.6) is 0 Å². The predicted octanol–water partition coefficient (Wildman–Crippen LogP) is 1.56. The molecule has 4 heteroatoms. The van der Waals surface area contributed by atoms with Crippen molar-refractivity contribution in [2.75, 3.05) is 33.3 Å². The molecule has 0 aliphatic carbocycles. The molecular weight excluding hydrogens is 204 g/mol. The fraction of sp³-hybridized carbons (Fsp3) is 0.917. The van der Waals surface area contributed by atoms with Gasteiger partial charge in [0.2, 0.25) is 0 Å². The first-order valence-corrected chi connectivity index (χ1v) is 6.27. The van der Waals surface area contributed by atoms with Crippen LogP contribution in [0.2, 0.25) is 0 Å². The van der Waals surface area contributed by atoms with Crippen molar-refractivity contribution in [3.8, 4) is 0 Å². The van der Waals surface area contributed by atoms with Gasteiger partial charge in [-0.15, -0.1) is 0 Å². The third kappa shape index (κ3) is 2.48. The van der Waals surface area contributed by atoms with E-state index in [9.17, 15) is 4.79 Å². The average molecular weight is 226 g/mol. The van der Waals surface area contributed by atoms with Gasteiger partial charge in [0.1, 0.15) is 0 Å². The van der Waals surface area contributed by atoms with Gasteiger partial charge in [0.15, 0.2) is 0 Å². The average Bonchev–Trinajstić information content (AvgIpc) is 2.77. The molecule has 4 nitrogen and oxygen atoms in total. The first-order chi connectivity index (χ1) is 7.70. The highest BCUT2D eigenvalue weighted by atomic mass is 16.5. The van der Waals surface area contributed by atoms with Crippen LogP contribution in [-0.2, 0) is 4.74 Å². The Morgan fingerprint density at radius 2 is 1.75 bits per heavy atom. The maximum absolute atomic E-state index is 12.2. The SMILES string of the molecule is COC1CCN(C(=O)N2CCC(C)CC2)C1. The Balaban J connectivity index is 1.83. The predicted molar refractivity (Wildman–Crippen MR) is 62.4 cm³/mol. The van der Waals surface area contributed by atoms with Crippen molar-refractivity contribution >= 4 is 6.03 Å². The van der Waals surface area contributed by atoms with E-state index in [1.807, 2.05) is 9.80 Å². The zero-order valence-electron chi connectivity index (χ0n) is 10.3. The summed E-state index contributed by atoms with van der Waals surface area (Å²) in [4.78, 5) is 16.1. The van der Waals surface area contributed by atoms with Crippen LogP contribution in [0.15, 0.2) is 0 Å². The zero-order chi connectivity index (χ0) is 11.5. The third-order valence-corrected chi connectivity index (χ3v) is 3.80. The first kappa shape index (κ1) is 11.7. The number of amides is 2. The highest BCUT2D eigenvalue weighted by Crippen LogP contribution is 2.19. The van der Waals surface area contributed by atoms with Gasteiger partial charge in [-0.1, -0.05) is 6.92 Å². The summed E-state index contributed by atoms with van der Waals surface area (Å²) in [5.74, 6) is 0.773. The van der Waals surface area contributed by atoms with E-state index in [4.69, 9.17) is 4.74 Å². The van der Waals surface area contributed by atoms with Crippen LogP contribution < -0.4 is 0 Å². The van der Waals surface area contributed by atoms with E-state index in [0.717, 1.165) is 51.4 Å². The number of piperidine rings is 1. The van der Waals surface area contributed by atoms with Crippen molar-refractivity contribution in [2.45, 2.75) is 32.3 Å². The molecule has 92 valence electrons. The van der Waals surface area contributed by atoms with Crippen molar-refractivity contribution in [1.82, 2.24) is 9.80 Å². The highest BCUT2D eigenvalue weighted by molar-refractivity contribution is 5.74. The molecule has 0 aromatic heterocycles. The number of hydrogen-bond donors (Lipinski definition) is 0. The van der Waals surface area contributed by atoms with E-state index in [-0.39, 0.29) is 12.1 Å². The monoisotopic (exact) mass is 226 g/mol. The molecule has 0 bridgehead atoms. The standard InChI is InChI=1S/C12H22N2O2/c1-10-3-6-13(7-4-10)12(15)14-8-5-11(9-14)16-2/h10-11H,3-9H2,1-2H3. The Labute approximate surface area is 97.5 Å². The topological polar surface area (TPSA) is 32.8 Å². The number of carbonyl (C=O) groups is 1. The van der Waals surface area contributed by atoms with Gasteiger partial charge in [0.25, 0.3) is 0 Å². The molecule has 2 aliphatic rings.